The summed E-state index contributed by atoms with van der Waals surface area (Å²) in [7, 11) is 0. The average molecular weight is 248 g/mol. The van der Waals surface area contributed by atoms with E-state index in [4.69, 9.17) is 5.84 Å². The molecule has 0 spiro atoms. The van der Waals surface area contributed by atoms with Crippen LogP contribution in [0.25, 0.3) is 0 Å². The fourth-order valence-corrected chi connectivity index (χ4v) is 1.61. The zero-order chi connectivity index (χ0) is 13.1. The molecule has 0 amide bonds. The standard InChI is InChI=1S/C10H12N6O2/c1-7-5-15(14-10(7)16(17)18)6-8-2-3-12-9(4-8)13-11/h2-5H,6,11H2,1H3,(H,12,13). The highest BCUT2D eigenvalue weighted by atomic mass is 16.6. The second kappa shape index (κ2) is 4.80. The van der Waals surface area contributed by atoms with E-state index in [0.717, 1.165) is 5.56 Å². The van der Waals surface area contributed by atoms with E-state index in [-0.39, 0.29) is 5.82 Å². The molecule has 0 radical (unpaired) electrons. The fourth-order valence-electron chi connectivity index (χ4n) is 1.61. The van der Waals surface area contributed by atoms with Crippen LogP contribution in [0.4, 0.5) is 11.6 Å². The second-order valence-electron chi connectivity index (χ2n) is 3.78. The Hall–Kier alpha value is -2.48. The van der Waals surface area contributed by atoms with Crippen molar-refractivity contribution in [1.82, 2.24) is 14.8 Å². The van der Waals surface area contributed by atoms with Gasteiger partial charge in [-0.05, 0) is 29.5 Å². The Balaban J connectivity index is 2.23. The Kier molecular flexibility index (Phi) is 3.20. The summed E-state index contributed by atoms with van der Waals surface area (Å²) >= 11 is 0. The SMILES string of the molecule is Cc1cn(Cc2ccnc(NN)c2)nc1[N+](=O)[O-]. The molecule has 0 unspecified atom stereocenters. The summed E-state index contributed by atoms with van der Waals surface area (Å²) in [6.45, 7) is 2.08. The fraction of sp³-hybridized carbons (Fsp3) is 0.200. The number of anilines is 1. The van der Waals surface area contributed by atoms with Gasteiger partial charge in [-0.2, -0.15) is 4.68 Å². The minimum Gasteiger partial charge on any atom is -0.358 e. The lowest BCUT2D eigenvalue weighted by Gasteiger charge is -2.01. The maximum atomic E-state index is 10.7. The van der Waals surface area contributed by atoms with Crippen LogP contribution in [0, 0.1) is 17.0 Å². The first kappa shape index (κ1) is 12.0. The van der Waals surface area contributed by atoms with Crippen molar-refractivity contribution in [3.05, 3.63) is 45.8 Å². The van der Waals surface area contributed by atoms with Gasteiger partial charge in [-0.3, -0.25) is 0 Å². The number of nitrogens with one attached hydrogen (secondary N) is 1. The van der Waals surface area contributed by atoms with Crippen LogP contribution in [0.3, 0.4) is 0 Å². The molecule has 0 aliphatic heterocycles. The van der Waals surface area contributed by atoms with Gasteiger partial charge in [0, 0.05) is 6.20 Å². The molecule has 0 aliphatic rings. The Morgan fingerprint density at radius 2 is 2.39 bits per heavy atom. The molecule has 0 saturated carbocycles. The van der Waals surface area contributed by atoms with E-state index in [1.165, 1.54) is 4.68 Å². The van der Waals surface area contributed by atoms with Crippen molar-refractivity contribution >= 4 is 11.6 Å². The van der Waals surface area contributed by atoms with Gasteiger partial charge in [-0.1, -0.05) is 0 Å². The summed E-state index contributed by atoms with van der Waals surface area (Å²) in [6.07, 6.45) is 3.24. The summed E-state index contributed by atoms with van der Waals surface area (Å²) < 4.78 is 1.52. The van der Waals surface area contributed by atoms with Gasteiger partial charge in [0.15, 0.2) is 0 Å². The molecular formula is C10H12N6O2. The van der Waals surface area contributed by atoms with Crippen LogP contribution in [0.15, 0.2) is 24.5 Å². The molecule has 0 fully saturated rings. The number of aryl methyl sites for hydroxylation is 1. The molecule has 94 valence electrons. The van der Waals surface area contributed by atoms with E-state index >= 15 is 0 Å². The van der Waals surface area contributed by atoms with Crippen LogP contribution in [-0.4, -0.2) is 19.7 Å². The molecule has 2 heterocycles. The third-order valence-corrected chi connectivity index (χ3v) is 2.41. The van der Waals surface area contributed by atoms with Crippen molar-refractivity contribution in [1.29, 1.82) is 0 Å². The third kappa shape index (κ3) is 2.43. The molecule has 8 heteroatoms. The summed E-state index contributed by atoms with van der Waals surface area (Å²) in [5, 5.41) is 14.6. The van der Waals surface area contributed by atoms with Crippen molar-refractivity contribution < 1.29 is 4.92 Å². The molecule has 0 aromatic carbocycles. The molecule has 2 aromatic heterocycles. The maximum Gasteiger partial charge on any atom is 0.392 e. The van der Waals surface area contributed by atoms with E-state index < -0.39 is 4.92 Å². The molecular weight excluding hydrogens is 236 g/mol. The van der Waals surface area contributed by atoms with Gasteiger partial charge in [-0.25, -0.2) is 10.8 Å². The molecule has 0 aliphatic carbocycles. The molecule has 0 saturated heterocycles. The van der Waals surface area contributed by atoms with Crippen molar-refractivity contribution in [2.45, 2.75) is 13.5 Å². The molecule has 18 heavy (non-hydrogen) atoms. The number of nitrogens with two attached hydrogens (primary N) is 1. The number of pyridine rings is 1. The first-order chi connectivity index (χ1) is 8.60. The van der Waals surface area contributed by atoms with E-state index in [1.807, 2.05) is 0 Å². The Morgan fingerprint density at radius 1 is 1.61 bits per heavy atom. The Labute approximate surface area is 103 Å². The normalized spacial score (nSPS) is 10.3. The number of nitrogen functional groups attached to an aromatic ring is 1. The van der Waals surface area contributed by atoms with Crippen LogP contribution < -0.4 is 11.3 Å². The molecule has 0 bridgehead atoms. The third-order valence-electron chi connectivity index (χ3n) is 2.41. The van der Waals surface area contributed by atoms with E-state index in [0.29, 0.717) is 17.9 Å². The number of aromatic nitrogens is 3. The summed E-state index contributed by atoms with van der Waals surface area (Å²) in [6, 6.07) is 3.55. The minimum absolute atomic E-state index is 0.124. The largest absolute Gasteiger partial charge is 0.392 e. The quantitative estimate of drug-likeness (QED) is 0.470. The van der Waals surface area contributed by atoms with E-state index in [1.54, 1.807) is 31.5 Å². The highest BCUT2D eigenvalue weighted by Gasteiger charge is 2.16. The molecule has 8 nitrogen and oxygen atoms in total. The van der Waals surface area contributed by atoms with Crippen LogP contribution in [-0.2, 0) is 6.54 Å². The van der Waals surface area contributed by atoms with Crippen LogP contribution in [0.1, 0.15) is 11.1 Å². The minimum atomic E-state index is -0.495. The van der Waals surface area contributed by atoms with Gasteiger partial charge >= 0.3 is 5.82 Å². The maximum absolute atomic E-state index is 10.7. The lowest BCUT2D eigenvalue weighted by atomic mass is 10.2. The predicted molar refractivity (Wildman–Crippen MR) is 64.8 cm³/mol. The van der Waals surface area contributed by atoms with Gasteiger partial charge in [0.2, 0.25) is 0 Å². The number of nitrogens with zero attached hydrogens (tertiary/aromatic N) is 4. The smallest absolute Gasteiger partial charge is 0.358 e. The first-order valence-corrected chi connectivity index (χ1v) is 5.20. The van der Waals surface area contributed by atoms with Gasteiger partial charge < -0.3 is 15.5 Å². The summed E-state index contributed by atoms with van der Waals surface area (Å²) in [4.78, 5) is 14.2. The van der Waals surface area contributed by atoms with Gasteiger partial charge in [0.05, 0.1) is 23.4 Å². The summed E-state index contributed by atoms with van der Waals surface area (Å²) in [5.74, 6) is 5.67. The second-order valence-corrected chi connectivity index (χ2v) is 3.78. The first-order valence-electron chi connectivity index (χ1n) is 5.20. The zero-order valence-corrected chi connectivity index (χ0v) is 9.70. The highest BCUT2D eigenvalue weighted by molar-refractivity contribution is 5.36. The number of hydrogen-bond donors (Lipinski definition) is 2. The Bertz CT molecular complexity index is 579. The molecule has 3 N–H and O–H groups in total. The van der Waals surface area contributed by atoms with E-state index in [2.05, 4.69) is 15.5 Å². The van der Waals surface area contributed by atoms with Gasteiger partial charge in [0.1, 0.15) is 5.82 Å². The molecule has 0 atom stereocenters. The lowest BCUT2D eigenvalue weighted by molar-refractivity contribution is -0.390. The molecule has 2 aromatic rings. The topological polar surface area (TPSA) is 112 Å². The van der Waals surface area contributed by atoms with Crippen molar-refractivity contribution in [3.8, 4) is 0 Å². The monoisotopic (exact) mass is 248 g/mol. The molecule has 2 rings (SSSR count). The number of hydrogen-bond acceptors (Lipinski definition) is 6. The van der Waals surface area contributed by atoms with Crippen molar-refractivity contribution in [3.63, 3.8) is 0 Å². The Morgan fingerprint density at radius 3 is 3.00 bits per heavy atom. The number of nitro groups is 1. The number of hydrazine groups is 1. The summed E-state index contributed by atoms with van der Waals surface area (Å²) in [5.41, 5.74) is 3.87. The van der Waals surface area contributed by atoms with Gasteiger partial charge in [-0.15, -0.1) is 0 Å². The number of rotatable bonds is 4. The van der Waals surface area contributed by atoms with E-state index in [9.17, 15) is 10.1 Å². The van der Waals surface area contributed by atoms with Crippen LogP contribution in [0.5, 0.6) is 0 Å². The highest BCUT2D eigenvalue weighted by Crippen LogP contribution is 2.15. The lowest BCUT2D eigenvalue weighted by Crippen LogP contribution is -2.09. The van der Waals surface area contributed by atoms with Crippen molar-refractivity contribution in [2.75, 3.05) is 5.43 Å². The van der Waals surface area contributed by atoms with Crippen LogP contribution >= 0.6 is 0 Å². The zero-order valence-electron chi connectivity index (χ0n) is 9.70. The van der Waals surface area contributed by atoms with Gasteiger partial charge in [0.25, 0.3) is 0 Å². The average Bonchev–Trinajstić information content (AvgIpc) is 2.70. The van der Waals surface area contributed by atoms with Crippen LogP contribution in [0.2, 0.25) is 0 Å². The predicted octanol–water partition coefficient (Wildman–Crippen LogP) is 0.829. The van der Waals surface area contributed by atoms with Crippen molar-refractivity contribution in [2.24, 2.45) is 5.84 Å².